The van der Waals surface area contributed by atoms with Crippen molar-refractivity contribution in [3.8, 4) is 0 Å². The molecule has 0 unspecified atom stereocenters. The van der Waals surface area contributed by atoms with Crippen LogP contribution in [-0.2, 0) is 6.54 Å². The summed E-state index contributed by atoms with van der Waals surface area (Å²) in [6, 6.07) is 8.32. The molecule has 0 radical (unpaired) electrons. The van der Waals surface area contributed by atoms with Gasteiger partial charge in [0, 0.05) is 26.7 Å². The number of benzene rings is 1. The zero-order valence-electron chi connectivity index (χ0n) is 15.5. The number of aliphatic imine (C=N–C) groups is 1. The molecular weight excluding hydrogens is 298 g/mol. The first kappa shape index (κ1) is 18.3. The number of aryl methyl sites for hydroxylation is 2. The minimum Gasteiger partial charge on any atom is -0.356 e. The van der Waals surface area contributed by atoms with Gasteiger partial charge in [0.1, 0.15) is 5.82 Å². The Labute approximate surface area is 145 Å². The molecule has 0 bridgehead atoms. The Balaban J connectivity index is 1.80. The van der Waals surface area contributed by atoms with Crippen molar-refractivity contribution in [1.29, 1.82) is 0 Å². The van der Waals surface area contributed by atoms with Crippen LogP contribution < -0.4 is 10.6 Å². The van der Waals surface area contributed by atoms with E-state index >= 15 is 0 Å². The molecular formula is C19H31N5. The van der Waals surface area contributed by atoms with Gasteiger partial charge in [-0.2, -0.15) is 0 Å². The van der Waals surface area contributed by atoms with Gasteiger partial charge in [-0.25, -0.2) is 4.98 Å². The molecule has 0 saturated carbocycles. The summed E-state index contributed by atoms with van der Waals surface area (Å²) in [7, 11) is 1.83. The van der Waals surface area contributed by atoms with E-state index < -0.39 is 0 Å². The van der Waals surface area contributed by atoms with Gasteiger partial charge in [-0.15, -0.1) is 0 Å². The lowest BCUT2D eigenvalue weighted by Gasteiger charge is -2.17. The number of hydrogen-bond acceptors (Lipinski definition) is 2. The summed E-state index contributed by atoms with van der Waals surface area (Å²) < 4.78 is 2.29. The van der Waals surface area contributed by atoms with Gasteiger partial charge in [-0.05, 0) is 31.4 Å². The van der Waals surface area contributed by atoms with Crippen molar-refractivity contribution >= 4 is 17.0 Å². The summed E-state index contributed by atoms with van der Waals surface area (Å²) in [5, 5.41) is 6.83. The van der Waals surface area contributed by atoms with E-state index in [1.165, 1.54) is 18.4 Å². The Morgan fingerprint density at radius 2 is 1.96 bits per heavy atom. The van der Waals surface area contributed by atoms with Gasteiger partial charge in [0.15, 0.2) is 5.96 Å². The largest absolute Gasteiger partial charge is 0.356 e. The SMILES string of the molecule is CCC(CC)CNC(=NC)NCCCn1c(C)nc2ccccc21. The average Bonchev–Trinajstić information content (AvgIpc) is 2.93. The predicted molar refractivity (Wildman–Crippen MR) is 103 cm³/mol. The zero-order chi connectivity index (χ0) is 17.4. The fraction of sp³-hybridized carbons (Fsp3) is 0.579. The molecule has 1 aromatic heterocycles. The molecule has 0 aliphatic rings. The van der Waals surface area contributed by atoms with Crippen molar-refractivity contribution in [2.24, 2.45) is 10.9 Å². The number of para-hydroxylation sites is 2. The minimum atomic E-state index is 0.712. The number of imidazole rings is 1. The monoisotopic (exact) mass is 329 g/mol. The van der Waals surface area contributed by atoms with Crippen molar-refractivity contribution < 1.29 is 0 Å². The van der Waals surface area contributed by atoms with Crippen molar-refractivity contribution in [3.05, 3.63) is 30.1 Å². The molecule has 0 spiro atoms. The number of hydrogen-bond donors (Lipinski definition) is 2. The van der Waals surface area contributed by atoms with Crippen molar-refractivity contribution in [2.75, 3.05) is 20.1 Å². The minimum absolute atomic E-state index is 0.712. The molecule has 24 heavy (non-hydrogen) atoms. The number of fused-ring (bicyclic) bond motifs is 1. The van der Waals surface area contributed by atoms with Crippen LogP contribution in [0, 0.1) is 12.8 Å². The molecule has 2 rings (SSSR count). The Bertz CT molecular complexity index is 655. The maximum absolute atomic E-state index is 4.62. The molecule has 0 fully saturated rings. The van der Waals surface area contributed by atoms with E-state index in [4.69, 9.17) is 0 Å². The maximum atomic E-state index is 4.62. The quantitative estimate of drug-likeness (QED) is 0.444. The molecule has 0 saturated heterocycles. The fourth-order valence-corrected chi connectivity index (χ4v) is 2.96. The third kappa shape index (κ3) is 4.73. The van der Waals surface area contributed by atoms with E-state index in [1.54, 1.807) is 0 Å². The summed E-state index contributed by atoms with van der Waals surface area (Å²) in [5.41, 5.74) is 2.29. The van der Waals surface area contributed by atoms with Crippen LogP contribution in [0.2, 0.25) is 0 Å². The predicted octanol–water partition coefficient (Wildman–Crippen LogP) is 3.34. The molecule has 1 aromatic carbocycles. The summed E-state index contributed by atoms with van der Waals surface area (Å²) in [6.07, 6.45) is 3.44. The van der Waals surface area contributed by atoms with E-state index in [0.717, 1.165) is 43.4 Å². The lowest BCUT2D eigenvalue weighted by atomic mass is 10.0. The van der Waals surface area contributed by atoms with E-state index in [9.17, 15) is 0 Å². The normalized spacial score (nSPS) is 12.1. The fourth-order valence-electron chi connectivity index (χ4n) is 2.96. The highest BCUT2D eigenvalue weighted by Gasteiger charge is 2.07. The highest BCUT2D eigenvalue weighted by atomic mass is 15.2. The molecule has 5 nitrogen and oxygen atoms in total. The van der Waals surface area contributed by atoms with Gasteiger partial charge >= 0.3 is 0 Å². The summed E-state index contributed by atoms with van der Waals surface area (Å²) in [6.45, 7) is 9.40. The number of aromatic nitrogens is 2. The summed E-state index contributed by atoms with van der Waals surface area (Å²) >= 11 is 0. The molecule has 0 aliphatic carbocycles. The molecule has 1 heterocycles. The van der Waals surface area contributed by atoms with Gasteiger partial charge in [-0.1, -0.05) is 38.8 Å². The van der Waals surface area contributed by atoms with Gasteiger partial charge in [0.25, 0.3) is 0 Å². The lowest BCUT2D eigenvalue weighted by Crippen LogP contribution is -2.40. The number of rotatable bonds is 8. The molecule has 5 heteroatoms. The van der Waals surface area contributed by atoms with Crippen LogP contribution in [0.3, 0.4) is 0 Å². The molecule has 2 aromatic rings. The van der Waals surface area contributed by atoms with Gasteiger partial charge < -0.3 is 15.2 Å². The van der Waals surface area contributed by atoms with Crippen LogP contribution in [0.15, 0.2) is 29.3 Å². The van der Waals surface area contributed by atoms with Crippen LogP contribution in [0.25, 0.3) is 11.0 Å². The highest BCUT2D eigenvalue weighted by molar-refractivity contribution is 5.79. The van der Waals surface area contributed by atoms with Crippen LogP contribution in [0.1, 0.15) is 38.9 Å². The first-order chi connectivity index (χ1) is 11.7. The molecule has 2 N–H and O–H groups in total. The van der Waals surface area contributed by atoms with Crippen molar-refractivity contribution in [3.63, 3.8) is 0 Å². The summed E-state index contributed by atoms with van der Waals surface area (Å²) in [5.74, 6) is 2.69. The smallest absolute Gasteiger partial charge is 0.190 e. The Hall–Kier alpha value is -2.04. The highest BCUT2D eigenvalue weighted by Crippen LogP contribution is 2.15. The Morgan fingerprint density at radius 3 is 2.67 bits per heavy atom. The second-order valence-electron chi connectivity index (χ2n) is 6.22. The van der Waals surface area contributed by atoms with Gasteiger partial charge in [0.2, 0.25) is 0 Å². The van der Waals surface area contributed by atoms with Crippen LogP contribution >= 0.6 is 0 Å². The van der Waals surface area contributed by atoms with Crippen molar-refractivity contribution in [1.82, 2.24) is 20.2 Å². The van der Waals surface area contributed by atoms with E-state index in [1.807, 2.05) is 13.1 Å². The first-order valence-electron chi connectivity index (χ1n) is 9.05. The standard InChI is InChI=1S/C19H31N5/c1-5-16(6-2)14-22-19(20-4)21-12-9-13-24-15(3)23-17-10-7-8-11-18(17)24/h7-8,10-11,16H,5-6,9,12-14H2,1-4H3,(H2,20,21,22). The number of nitrogens with one attached hydrogen (secondary N) is 2. The summed E-state index contributed by atoms with van der Waals surface area (Å²) in [4.78, 5) is 8.92. The zero-order valence-corrected chi connectivity index (χ0v) is 15.5. The van der Waals surface area contributed by atoms with Crippen LogP contribution in [0.4, 0.5) is 0 Å². The molecule has 0 atom stereocenters. The van der Waals surface area contributed by atoms with Gasteiger partial charge in [-0.3, -0.25) is 4.99 Å². The topological polar surface area (TPSA) is 54.2 Å². The van der Waals surface area contributed by atoms with Crippen molar-refractivity contribution in [2.45, 2.75) is 46.6 Å². The molecule has 132 valence electrons. The first-order valence-corrected chi connectivity index (χ1v) is 9.05. The average molecular weight is 329 g/mol. The third-order valence-corrected chi connectivity index (χ3v) is 4.63. The molecule has 0 amide bonds. The van der Waals surface area contributed by atoms with Crippen LogP contribution in [0.5, 0.6) is 0 Å². The second-order valence-corrected chi connectivity index (χ2v) is 6.22. The van der Waals surface area contributed by atoms with E-state index in [2.05, 4.69) is 64.1 Å². The van der Waals surface area contributed by atoms with Crippen LogP contribution in [-0.4, -0.2) is 35.6 Å². The number of nitrogens with zero attached hydrogens (tertiary/aromatic N) is 3. The maximum Gasteiger partial charge on any atom is 0.190 e. The van der Waals surface area contributed by atoms with Gasteiger partial charge in [0.05, 0.1) is 11.0 Å². The Kier molecular flexibility index (Phi) is 7.09. The lowest BCUT2D eigenvalue weighted by molar-refractivity contribution is 0.481. The second kappa shape index (κ2) is 9.30. The van der Waals surface area contributed by atoms with E-state index in [-0.39, 0.29) is 0 Å². The van der Waals surface area contributed by atoms with E-state index in [0.29, 0.717) is 5.92 Å². The molecule has 0 aliphatic heterocycles. The number of guanidine groups is 1. The third-order valence-electron chi connectivity index (χ3n) is 4.63. The Morgan fingerprint density at radius 1 is 1.21 bits per heavy atom.